The van der Waals surface area contributed by atoms with Gasteiger partial charge in [0, 0.05) is 18.1 Å². The molecular weight excluding hydrogens is 394 g/mol. The van der Waals surface area contributed by atoms with Crippen LogP contribution >= 0.6 is 15.9 Å². The van der Waals surface area contributed by atoms with E-state index in [0.717, 1.165) is 21.3 Å². The third kappa shape index (κ3) is 3.33. The zero-order valence-corrected chi connectivity index (χ0v) is 16.7. The summed E-state index contributed by atoms with van der Waals surface area (Å²) in [7, 11) is 3.30. The van der Waals surface area contributed by atoms with Crippen molar-refractivity contribution >= 4 is 27.8 Å². The predicted molar refractivity (Wildman–Crippen MR) is 105 cm³/mol. The van der Waals surface area contributed by atoms with Gasteiger partial charge in [-0.15, -0.1) is 0 Å². The molecule has 0 radical (unpaired) electrons. The van der Waals surface area contributed by atoms with Crippen molar-refractivity contribution in [2.45, 2.75) is 25.4 Å². The lowest BCUT2D eigenvalue weighted by Crippen LogP contribution is -2.59. The van der Waals surface area contributed by atoms with E-state index in [1.165, 1.54) is 4.90 Å². The highest BCUT2D eigenvalue weighted by molar-refractivity contribution is 9.10. The molecule has 0 bridgehead atoms. The van der Waals surface area contributed by atoms with Gasteiger partial charge < -0.3 is 9.64 Å². The largest absolute Gasteiger partial charge is 0.497 e. The normalized spacial score (nSPS) is 20.5. The number of nitrogens with zero attached hydrogens (tertiary/aromatic N) is 2. The molecule has 1 heterocycles. The van der Waals surface area contributed by atoms with Gasteiger partial charge in [-0.05, 0) is 42.3 Å². The zero-order chi connectivity index (χ0) is 18.9. The molecule has 3 rings (SSSR count). The van der Waals surface area contributed by atoms with E-state index in [1.54, 1.807) is 14.2 Å². The van der Waals surface area contributed by atoms with Gasteiger partial charge >= 0.3 is 0 Å². The maximum atomic E-state index is 12.5. The van der Waals surface area contributed by atoms with Crippen molar-refractivity contribution in [2.24, 2.45) is 0 Å². The second-order valence-electron chi connectivity index (χ2n) is 6.67. The summed E-state index contributed by atoms with van der Waals surface area (Å²) in [6.07, 6.45) is 0.318. The number of amides is 1. The number of carbonyl (C=O) groups is 1. The van der Waals surface area contributed by atoms with E-state index in [2.05, 4.69) is 15.9 Å². The molecule has 0 spiro atoms. The molecule has 136 valence electrons. The number of methoxy groups -OCH3 is 1. The minimum Gasteiger partial charge on any atom is -0.497 e. The van der Waals surface area contributed by atoms with E-state index >= 15 is 0 Å². The Hall–Kier alpha value is -2.34. The zero-order valence-electron chi connectivity index (χ0n) is 15.1. The van der Waals surface area contributed by atoms with Crippen molar-refractivity contribution in [3.8, 4) is 5.75 Å². The van der Waals surface area contributed by atoms with Gasteiger partial charge in [0.05, 0.1) is 19.1 Å². The van der Waals surface area contributed by atoms with Crippen LogP contribution in [-0.2, 0) is 16.9 Å². The predicted octanol–water partition coefficient (Wildman–Crippen LogP) is 3.97. The summed E-state index contributed by atoms with van der Waals surface area (Å²) in [4.78, 5) is 15.9. The van der Waals surface area contributed by atoms with E-state index in [-0.39, 0.29) is 11.9 Å². The Kier molecular flexibility index (Phi) is 5.05. The molecule has 2 aromatic rings. The van der Waals surface area contributed by atoms with Crippen molar-refractivity contribution < 1.29 is 9.53 Å². The number of carbonyl (C=O) groups excluding carboxylic acids is 1. The van der Waals surface area contributed by atoms with Crippen LogP contribution in [0.1, 0.15) is 24.5 Å². The molecule has 1 atom stereocenters. The molecule has 6 heteroatoms. The second kappa shape index (κ2) is 7.11. The van der Waals surface area contributed by atoms with Crippen LogP contribution in [0.5, 0.6) is 5.75 Å². The van der Waals surface area contributed by atoms with Crippen molar-refractivity contribution in [1.29, 1.82) is 5.41 Å². The number of hydrogen-bond acceptors (Lipinski definition) is 3. The first-order valence-electron chi connectivity index (χ1n) is 8.37. The monoisotopic (exact) mass is 415 g/mol. The maximum Gasteiger partial charge on any atom is 0.231 e. The van der Waals surface area contributed by atoms with Crippen molar-refractivity contribution in [2.75, 3.05) is 14.2 Å². The minimum atomic E-state index is -0.593. The number of rotatable bonds is 4. The highest BCUT2D eigenvalue weighted by Gasteiger charge is 2.44. The summed E-state index contributed by atoms with van der Waals surface area (Å²) in [5, 5.41) is 8.56. The first kappa shape index (κ1) is 18.5. The lowest BCUT2D eigenvalue weighted by Gasteiger charge is -2.49. The molecule has 5 nitrogen and oxygen atoms in total. The number of guanidine groups is 1. The average molecular weight is 416 g/mol. The standard InChI is InChI=1S/C20H22BrN3O2/c1-20(15-5-4-6-16(21)11-15)12-18(25)23(2)19(22)24(20)13-14-7-9-17(26-3)10-8-14/h4-11,22H,12-13H2,1-3H3/t20-/m1/s1. The van der Waals surface area contributed by atoms with Gasteiger partial charge in [-0.2, -0.15) is 0 Å². The fourth-order valence-corrected chi connectivity index (χ4v) is 3.68. The summed E-state index contributed by atoms with van der Waals surface area (Å²) in [6, 6.07) is 15.8. The van der Waals surface area contributed by atoms with Gasteiger partial charge in [0.25, 0.3) is 0 Å². The fraction of sp³-hybridized carbons (Fsp3) is 0.300. The number of ether oxygens (including phenoxy) is 1. The molecule has 1 saturated heterocycles. The molecule has 0 aromatic heterocycles. The summed E-state index contributed by atoms with van der Waals surface area (Å²) >= 11 is 3.52. The first-order valence-corrected chi connectivity index (χ1v) is 9.16. The Morgan fingerprint density at radius 1 is 1.23 bits per heavy atom. The lowest BCUT2D eigenvalue weighted by molar-refractivity contribution is -0.132. The highest BCUT2D eigenvalue weighted by Crippen LogP contribution is 2.38. The first-order chi connectivity index (χ1) is 12.3. The molecule has 2 aromatic carbocycles. The third-order valence-electron chi connectivity index (χ3n) is 4.98. The second-order valence-corrected chi connectivity index (χ2v) is 7.59. The molecule has 1 amide bonds. The molecule has 0 unspecified atom stereocenters. The van der Waals surface area contributed by atoms with Crippen molar-refractivity contribution in [1.82, 2.24) is 9.80 Å². The van der Waals surface area contributed by atoms with Crippen molar-refractivity contribution in [3.63, 3.8) is 0 Å². The van der Waals surface area contributed by atoms with Crippen LogP contribution in [-0.4, -0.2) is 35.8 Å². The summed E-state index contributed by atoms with van der Waals surface area (Å²) in [6.45, 7) is 2.56. The molecule has 0 saturated carbocycles. The van der Waals surface area contributed by atoms with Gasteiger partial charge in [-0.3, -0.25) is 15.1 Å². The number of halogens is 1. The van der Waals surface area contributed by atoms with Crippen LogP contribution in [0.2, 0.25) is 0 Å². The quantitative estimate of drug-likeness (QED) is 0.821. The summed E-state index contributed by atoms with van der Waals surface area (Å²) in [5.41, 5.74) is 1.47. The Morgan fingerprint density at radius 2 is 1.92 bits per heavy atom. The molecule has 26 heavy (non-hydrogen) atoms. The van der Waals surface area contributed by atoms with Gasteiger partial charge in [0.1, 0.15) is 5.75 Å². The molecule has 1 N–H and O–H groups in total. The lowest BCUT2D eigenvalue weighted by atomic mass is 9.84. The van der Waals surface area contributed by atoms with Gasteiger partial charge in [0.2, 0.25) is 11.9 Å². The average Bonchev–Trinajstić information content (AvgIpc) is 2.64. The molecule has 1 aliphatic heterocycles. The number of benzene rings is 2. The van der Waals surface area contributed by atoms with Crippen LogP contribution in [0.4, 0.5) is 0 Å². The Balaban J connectivity index is 2.01. The summed E-state index contributed by atoms with van der Waals surface area (Å²) < 4.78 is 6.18. The molecule has 0 aliphatic carbocycles. The van der Waals surface area contributed by atoms with Crippen LogP contribution in [0.15, 0.2) is 53.0 Å². The maximum absolute atomic E-state index is 12.5. The SMILES string of the molecule is COc1ccc(CN2C(=N)N(C)C(=O)C[C@]2(C)c2cccc(Br)c2)cc1. The van der Waals surface area contributed by atoms with E-state index in [0.29, 0.717) is 13.0 Å². The Morgan fingerprint density at radius 3 is 2.54 bits per heavy atom. The van der Waals surface area contributed by atoms with Crippen LogP contribution in [0.3, 0.4) is 0 Å². The molecular formula is C20H22BrN3O2. The van der Waals surface area contributed by atoms with Gasteiger partial charge in [0.15, 0.2) is 0 Å². The van der Waals surface area contributed by atoms with E-state index in [4.69, 9.17) is 10.1 Å². The van der Waals surface area contributed by atoms with Crippen molar-refractivity contribution in [3.05, 3.63) is 64.1 Å². The molecule has 1 aliphatic rings. The number of nitrogens with one attached hydrogen (secondary N) is 1. The fourth-order valence-electron chi connectivity index (χ4n) is 3.29. The Labute approximate surface area is 162 Å². The van der Waals surface area contributed by atoms with E-state index in [1.807, 2.05) is 60.4 Å². The van der Waals surface area contributed by atoms with Crippen LogP contribution in [0, 0.1) is 5.41 Å². The smallest absolute Gasteiger partial charge is 0.231 e. The van der Waals surface area contributed by atoms with E-state index < -0.39 is 5.54 Å². The Bertz CT molecular complexity index is 837. The van der Waals surface area contributed by atoms with Crippen LogP contribution < -0.4 is 4.74 Å². The number of hydrogen-bond donors (Lipinski definition) is 1. The summed E-state index contributed by atoms with van der Waals surface area (Å²) in [5.74, 6) is 0.951. The van der Waals surface area contributed by atoms with E-state index in [9.17, 15) is 4.79 Å². The minimum absolute atomic E-state index is 0.0524. The topological polar surface area (TPSA) is 56.6 Å². The van der Waals surface area contributed by atoms with Crippen LogP contribution in [0.25, 0.3) is 0 Å². The van der Waals surface area contributed by atoms with Gasteiger partial charge in [-0.1, -0.05) is 40.2 Å². The highest BCUT2D eigenvalue weighted by atomic mass is 79.9. The third-order valence-corrected chi connectivity index (χ3v) is 5.48. The van der Waals surface area contributed by atoms with Gasteiger partial charge in [-0.25, -0.2) is 0 Å². The molecule has 1 fully saturated rings.